The van der Waals surface area contributed by atoms with Gasteiger partial charge >= 0.3 is 0 Å². The summed E-state index contributed by atoms with van der Waals surface area (Å²) < 4.78 is 30.8. The second-order valence-corrected chi connectivity index (χ2v) is 10.2. The van der Waals surface area contributed by atoms with Crippen molar-refractivity contribution in [2.45, 2.75) is 18.8 Å². The minimum atomic E-state index is -0.761. The summed E-state index contributed by atoms with van der Waals surface area (Å²) in [6, 6.07) is 27.8. The molecule has 1 aromatic heterocycles. The highest BCUT2D eigenvalue weighted by Crippen LogP contribution is 2.30. The third-order valence-corrected chi connectivity index (χ3v) is 7.19. The van der Waals surface area contributed by atoms with E-state index < -0.39 is 11.9 Å². The number of aliphatic hydroxyl groups is 1. The molecule has 0 bridgehead atoms. The van der Waals surface area contributed by atoms with Gasteiger partial charge in [0.2, 0.25) is 0 Å². The molecular formula is C33H36FN3O4. The van der Waals surface area contributed by atoms with Gasteiger partial charge in [-0.1, -0.05) is 78.0 Å². The van der Waals surface area contributed by atoms with Gasteiger partial charge in [0.1, 0.15) is 18.4 Å². The van der Waals surface area contributed by atoms with Gasteiger partial charge in [0.15, 0.2) is 17.3 Å². The highest BCUT2D eigenvalue weighted by atomic mass is 19.1. The number of para-hydroxylation sites is 1. The number of benzene rings is 3. The molecule has 1 N–H and O–H groups in total. The van der Waals surface area contributed by atoms with Crippen LogP contribution in [0, 0.1) is 5.82 Å². The standard InChI is InChI=1S/C33H36FN3O4/c1-39-23-28-21-30(41-35-28)16-15-27-13-8-14-31(34)33(27)40-24-29(38)22-36-17-19-37(20-18-36)32(25-9-4-2-5-10-25)26-11-6-3-7-12-26/h2-16,21,29,32,38H,17-20,22-24H2,1H3. The van der Waals surface area contributed by atoms with E-state index in [4.69, 9.17) is 14.0 Å². The molecule has 1 atom stereocenters. The molecule has 41 heavy (non-hydrogen) atoms. The summed E-state index contributed by atoms with van der Waals surface area (Å²) in [5.41, 5.74) is 3.76. The molecule has 1 fully saturated rings. The maximum atomic E-state index is 14.7. The van der Waals surface area contributed by atoms with E-state index in [-0.39, 0.29) is 18.4 Å². The van der Waals surface area contributed by atoms with Crippen molar-refractivity contribution in [3.63, 3.8) is 0 Å². The predicted octanol–water partition coefficient (Wildman–Crippen LogP) is 5.28. The summed E-state index contributed by atoms with van der Waals surface area (Å²) in [4.78, 5) is 4.73. The van der Waals surface area contributed by atoms with Crippen molar-refractivity contribution >= 4 is 12.2 Å². The Morgan fingerprint density at radius 2 is 1.61 bits per heavy atom. The number of hydrogen-bond donors (Lipinski definition) is 1. The summed E-state index contributed by atoms with van der Waals surface area (Å²) in [5.74, 6) is 0.129. The van der Waals surface area contributed by atoms with E-state index in [1.807, 2.05) is 12.1 Å². The van der Waals surface area contributed by atoms with Crippen LogP contribution in [0.4, 0.5) is 4.39 Å². The average molecular weight is 558 g/mol. The molecule has 1 saturated heterocycles. The van der Waals surface area contributed by atoms with Crippen LogP contribution < -0.4 is 4.74 Å². The maximum absolute atomic E-state index is 14.7. The summed E-state index contributed by atoms with van der Waals surface area (Å²) in [6.45, 7) is 4.18. The van der Waals surface area contributed by atoms with Crippen molar-refractivity contribution < 1.29 is 23.5 Å². The molecule has 3 aromatic carbocycles. The first kappa shape index (κ1) is 28.7. The van der Waals surface area contributed by atoms with E-state index in [0.717, 1.165) is 26.2 Å². The molecule has 0 aliphatic carbocycles. The average Bonchev–Trinajstić information content (AvgIpc) is 3.45. The number of β-amino-alcohol motifs (C(OH)–C–C–N with tert-alkyl or cyclic N) is 1. The van der Waals surface area contributed by atoms with Crippen molar-refractivity contribution in [2.24, 2.45) is 0 Å². The number of aromatic nitrogens is 1. The normalized spacial score (nSPS) is 15.5. The van der Waals surface area contributed by atoms with Crippen LogP contribution >= 0.6 is 0 Å². The van der Waals surface area contributed by atoms with Gasteiger partial charge in [-0.15, -0.1) is 0 Å². The Kier molecular flexibility index (Phi) is 9.93. The molecule has 1 aliphatic heterocycles. The highest BCUT2D eigenvalue weighted by Gasteiger charge is 2.27. The molecule has 1 aliphatic rings. The third kappa shape index (κ3) is 7.68. The first-order valence-corrected chi connectivity index (χ1v) is 13.9. The van der Waals surface area contributed by atoms with Crippen LogP contribution in [-0.2, 0) is 11.3 Å². The SMILES string of the molecule is COCc1cc(C=Cc2cccc(F)c2OCC(O)CN2CCN(C(c3ccccc3)c3ccccc3)CC2)on1. The largest absolute Gasteiger partial charge is 0.487 e. The first-order valence-electron chi connectivity index (χ1n) is 13.9. The molecule has 0 saturated carbocycles. The molecule has 0 radical (unpaired) electrons. The van der Waals surface area contributed by atoms with Gasteiger partial charge in [0, 0.05) is 51.5 Å². The van der Waals surface area contributed by atoms with Crippen molar-refractivity contribution in [3.05, 3.63) is 119 Å². The topological polar surface area (TPSA) is 71.2 Å². The molecule has 214 valence electrons. The zero-order valence-corrected chi connectivity index (χ0v) is 23.2. The number of piperazine rings is 1. The molecule has 7 nitrogen and oxygen atoms in total. The second kappa shape index (κ2) is 14.2. The molecule has 1 unspecified atom stereocenters. The molecule has 5 rings (SSSR count). The Hall–Kier alpha value is -3.82. The number of ether oxygens (including phenoxy) is 2. The van der Waals surface area contributed by atoms with Crippen molar-refractivity contribution in [3.8, 4) is 5.75 Å². The lowest BCUT2D eigenvalue weighted by atomic mass is 9.96. The fourth-order valence-electron chi connectivity index (χ4n) is 5.22. The van der Waals surface area contributed by atoms with Gasteiger partial charge in [-0.05, 0) is 29.3 Å². The summed E-state index contributed by atoms with van der Waals surface area (Å²) in [7, 11) is 1.59. The fraction of sp³-hybridized carbons (Fsp3) is 0.303. The van der Waals surface area contributed by atoms with Gasteiger partial charge in [0.05, 0.1) is 12.6 Å². The monoisotopic (exact) mass is 557 g/mol. The van der Waals surface area contributed by atoms with Crippen LogP contribution in [-0.4, -0.2) is 72.6 Å². The Morgan fingerprint density at radius 1 is 0.927 bits per heavy atom. The Labute approximate surface area is 240 Å². The van der Waals surface area contributed by atoms with Crippen LogP contribution in [0.1, 0.15) is 34.2 Å². The van der Waals surface area contributed by atoms with Crippen LogP contribution in [0.25, 0.3) is 12.2 Å². The smallest absolute Gasteiger partial charge is 0.165 e. The molecular weight excluding hydrogens is 521 g/mol. The van der Waals surface area contributed by atoms with Gasteiger partial charge in [-0.2, -0.15) is 0 Å². The van der Waals surface area contributed by atoms with Crippen molar-refractivity contribution in [1.29, 1.82) is 0 Å². The maximum Gasteiger partial charge on any atom is 0.165 e. The Morgan fingerprint density at radius 3 is 2.27 bits per heavy atom. The van der Waals surface area contributed by atoms with Crippen LogP contribution in [0.3, 0.4) is 0 Å². The lowest BCUT2D eigenvalue weighted by Crippen LogP contribution is -2.50. The number of rotatable bonds is 12. The highest BCUT2D eigenvalue weighted by molar-refractivity contribution is 5.71. The lowest BCUT2D eigenvalue weighted by Gasteiger charge is -2.40. The van der Waals surface area contributed by atoms with Crippen LogP contribution in [0.15, 0.2) is 89.5 Å². The minimum Gasteiger partial charge on any atom is -0.487 e. The van der Waals surface area contributed by atoms with Gasteiger partial charge < -0.3 is 19.1 Å². The third-order valence-electron chi connectivity index (χ3n) is 7.19. The zero-order valence-electron chi connectivity index (χ0n) is 23.2. The van der Waals surface area contributed by atoms with E-state index >= 15 is 0 Å². The number of aliphatic hydroxyl groups excluding tert-OH is 1. The molecule has 8 heteroatoms. The van der Waals surface area contributed by atoms with E-state index in [9.17, 15) is 9.50 Å². The summed E-state index contributed by atoms with van der Waals surface area (Å²) in [6.07, 6.45) is 2.64. The second-order valence-electron chi connectivity index (χ2n) is 10.2. The quantitative estimate of drug-likeness (QED) is 0.254. The van der Waals surface area contributed by atoms with Gasteiger partial charge in [-0.25, -0.2) is 4.39 Å². The minimum absolute atomic E-state index is 0.0149. The zero-order chi connectivity index (χ0) is 28.4. The summed E-state index contributed by atoms with van der Waals surface area (Å²) >= 11 is 0. The molecule has 2 heterocycles. The van der Waals surface area contributed by atoms with Crippen LogP contribution in [0.5, 0.6) is 5.75 Å². The Balaban J connectivity index is 1.16. The van der Waals surface area contributed by atoms with Gasteiger partial charge in [0.25, 0.3) is 0 Å². The van der Waals surface area contributed by atoms with E-state index in [0.29, 0.717) is 30.2 Å². The summed E-state index contributed by atoms with van der Waals surface area (Å²) in [5, 5.41) is 14.7. The Bertz CT molecular complexity index is 1350. The molecule has 0 spiro atoms. The number of methoxy groups -OCH3 is 1. The molecule has 4 aromatic rings. The predicted molar refractivity (Wildman–Crippen MR) is 157 cm³/mol. The number of hydrogen-bond acceptors (Lipinski definition) is 7. The lowest BCUT2D eigenvalue weighted by molar-refractivity contribution is 0.0393. The van der Waals surface area contributed by atoms with Gasteiger partial charge in [-0.3, -0.25) is 9.80 Å². The van der Waals surface area contributed by atoms with Crippen molar-refractivity contribution in [1.82, 2.24) is 15.0 Å². The van der Waals surface area contributed by atoms with E-state index in [1.54, 1.807) is 37.5 Å². The fourth-order valence-corrected chi connectivity index (χ4v) is 5.22. The van der Waals surface area contributed by atoms with Crippen molar-refractivity contribution in [2.75, 3.05) is 46.4 Å². The van der Waals surface area contributed by atoms with E-state index in [2.05, 4.69) is 63.5 Å². The number of halogens is 1. The van der Waals surface area contributed by atoms with Crippen LogP contribution in [0.2, 0.25) is 0 Å². The number of nitrogens with zero attached hydrogens (tertiary/aromatic N) is 3. The first-order chi connectivity index (χ1) is 20.1. The van der Waals surface area contributed by atoms with E-state index in [1.165, 1.54) is 17.2 Å². The molecule has 0 amide bonds.